The quantitative estimate of drug-likeness (QED) is 0.809. The van der Waals surface area contributed by atoms with E-state index in [1.807, 2.05) is 6.20 Å². The van der Waals surface area contributed by atoms with Gasteiger partial charge in [0.1, 0.15) is 5.82 Å². The van der Waals surface area contributed by atoms with Crippen molar-refractivity contribution >= 4 is 17.6 Å². The molecule has 0 aliphatic carbocycles. The van der Waals surface area contributed by atoms with Crippen LogP contribution in [0.2, 0.25) is 0 Å². The number of rotatable bonds is 5. The van der Waals surface area contributed by atoms with Crippen molar-refractivity contribution in [3.05, 3.63) is 42.6 Å². The molecule has 0 aliphatic heterocycles. The largest absolute Gasteiger partial charge is 0.370 e. The molecule has 2 rings (SSSR count). The zero-order chi connectivity index (χ0) is 13.7. The van der Waals surface area contributed by atoms with E-state index in [0.717, 1.165) is 12.4 Å². The Labute approximate surface area is 119 Å². The zero-order valence-corrected chi connectivity index (χ0v) is 12.5. The molecule has 2 nitrogen and oxygen atoms in total. The number of aromatic nitrogens is 1. The molecule has 19 heavy (non-hydrogen) atoms. The van der Waals surface area contributed by atoms with E-state index in [4.69, 9.17) is 0 Å². The molecule has 0 saturated heterocycles. The van der Waals surface area contributed by atoms with E-state index in [-0.39, 0.29) is 0 Å². The van der Waals surface area contributed by atoms with Crippen molar-refractivity contribution in [3.8, 4) is 11.1 Å². The molecule has 0 atom stereocenters. The standard InChI is InChI=1S/C16H20N2S/c1-12(2)10-17-16-9-8-13(11-18-16)14-6-4-5-7-15(14)19-3/h4-9,11-12H,10H2,1-3H3,(H,17,18). The maximum absolute atomic E-state index is 4.48. The van der Waals surface area contributed by atoms with Crippen molar-refractivity contribution < 1.29 is 0 Å². The lowest BCUT2D eigenvalue weighted by molar-refractivity contribution is 0.687. The molecule has 1 heterocycles. The van der Waals surface area contributed by atoms with Crippen molar-refractivity contribution in [3.63, 3.8) is 0 Å². The first-order valence-corrected chi connectivity index (χ1v) is 7.76. The molecule has 0 amide bonds. The highest BCUT2D eigenvalue weighted by Gasteiger charge is 2.04. The lowest BCUT2D eigenvalue weighted by Crippen LogP contribution is -2.08. The van der Waals surface area contributed by atoms with Gasteiger partial charge >= 0.3 is 0 Å². The van der Waals surface area contributed by atoms with Gasteiger partial charge in [-0.25, -0.2) is 4.98 Å². The second-order valence-corrected chi connectivity index (χ2v) is 5.76. The number of benzene rings is 1. The fourth-order valence-electron chi connectivity index (χ4n) is 1.85. The molecule has 1 N–H and O–H groups in total. The molecule has 0 radical (unpaired) electrons. The van der Waals surface area contributed by atoms with Gasteiger partial charge in [-0.15, -0.1) is 11.8 Å². The van der Waals surface area contributed by atoms with E-state index >= 15 is 0 Å². The predicted molar refractivity (Wildman–Crippen MR) is 84.8 cm³/mol. The van der Waals surface area contributed by atoms with Crippen molar-refractivity contribution in [2.45, 2.75) is 18.7 Å². The van der Waals surface area contributed by atoms with Gasteiger partial charge in [-0.2, -0.15) is 0 Å². The van der Waals surface area contributed by atoms with E-state index in [9.17, 15) is 0 Å². The molecular weight excluding hydrogens is 252 g/mol. The molecule has 2 aromatic rings. The van der Waals surface area contributed by atoms with Gasteiger partial charge in [-0.3, -0.25) is 0 Å². The summed E-state index contributed by atoms with van der Waals surface area (Å²) in [7, 11) is 0. The molecule has 0 unspecified atom stereocenters. The summed E-state index contributed by atoms with van der Waals surface area (Å²) in [6.07, 6.45) is 4.04. The van der Waals surface area contributed by atoms with E-state index in [0.29, 0.717) is 5.92 Å². The number of hydrogen-bond acceptors (Lipinski definition) is 3. The minimum Gasteiger partial charge on any atom is -0.370 e. The second-order valence-electron chi connectivity index (χ2n) is 4.91. The van der Waals surface area contributed by atoms with Crippen molar-refractivity contribution in [1.29, 1.82) is 0 Å². The van der Waals surface area contributed by atoms with Gasteiger partial charge in [0, 0.05) is 23.2 Å². The molecular formula is C16H20N2S. The summed E-state index contributed by atoms with van der Waals surface area (Å²) in [5.74, 6) is 1.57. The van der Waals surface area contributed by atoms with Crippen molar-refractivity contribution in [1.82, 2.24) is 4.98 Å². The van der Waals surface area contributed by atoms with Crippen molar-refractivity contribution in [2.75, 3.05) is 18.1 Å². The predicted octanol–water partition coefficient (Wildman–Crippen LogP) is 4.54. The molecule has 0 bridgehead atoms. The van der Waals surface area contributed by atoms with Crippen LogP contribution >= 0.6 is 11.8 Å². The van der Waals surface area contributed by atoms with Crippen LogP contribution in [0.15, 0.2) is 47.5 Å². The van der Waals surface area contributed by atoms with Crippen LogP contribution in [-0.2, 0) is 0 Å². The fourth-order valence-corrected chi connectivity index (χ4v) is 2.47. The van der Waals surface area contributed by atoms with E-state index < -0.39 is 0 Å². The van der Waals surface area contributed by atoms with Crippen LogP contribution in [0.25, 0.3) is 11.1 Å². The average Bonchev–Trinajstić information content (AvgIpc) is 2.45. The summed E-state index contributed by atoms with van der Waals surface area (Å²) in [4.78, 5) is 5.77. The molecule has 1 aromatic heterocycles. The highest BCUT2D eigenvalue weighted by Crippen LogP contribution is 2.29. The molecule has 0 aliphatic rings. The highest BCUT2D eigenvalue weighted by atomic mass is 32.2. The first kappa shape index (κ1) is 13.9. The Balaban J connectivity index is 2.18. The second kappa shape index (κ2) is 6.62. The van der Waals surface area contributed by atoms with Crippen molar-refractivity contribution in [2.24, 2.45) is 5.92 Å². The Bertz CT molecular complexity index is 521. The minimum absolute atomic E-state index is 0.624. The zero-order valence-electron chi connectivity index (χ0n) is 11.7. The van der Waals surface area contributed by atoms with Gasteiger partial charge in [0.25, 0.3) is 0 Å². The van der Waals surface area contributed by atoms with Gasteiger partial charge in [0.05, 0.1) is 0 Å². The normalized spacial score (nSPS) is 10.7. The van der Waals surface area contributed by atoms with Crippen LogP contribution in [0.5, 0.6) is 0 Å². The Morgan fingerprint density at radius 3 is 2.58 bits per heavy atom. The smallest absolute Gasteiger partial charge is 0.125 e. The number of hydrogen-bond donors (Lipinski definition) is 1. The molecule has 1 aromatic carbocycles. The number of thioether (sulfide) groups is 1. The minimum atomic E-state index is 0.624. The van der Waals surface area contributed by atoms with Crippen LogP contribution < -0.4 is 5.32 Å². The van der Waals surface area contributed by atoms with Crippen LogP contribution in [-0.4, -0.2) is 17.8 Å². The van der Waals surface area contributed by atoms with E-state index in [1.165, 1.54) is 16.0 Å². The summed E-state index contributed by atoms with van der Waals surface area (Å²) in [6.45, 7) is 5.33. The third-order valence-corrected chi connectivity index (χ3v) is 3.67. The van der Waals surface area contributed by atoms with Crippen LogP contribution in [0.4, 0.5) is 5.82 Å². The van der Waals surface area contributed by atoms with Crippen LogP contribution in [0, 0.1) is 5.92 Å². The Morgan fingerprint density at radius 1 is 1.16 bits per heavy atom. The third-order valence-electron chi connectivity index (χ3n) is 2.87. The number of nitrogens with zero attached hydrogens (tertiary/aromatic N) is 1. The summed E-state index contributed by atoms with van der Waals surface area (Å²) < 4.78 is 0. The first-order chi connectivity index (χ1) is 9.20. The lowest BCUT2D eigenvalue weighted by atomic mass is 10.1. The van der Waals surface area contributed by atoms with Crippen LogP contribution in [0.3, 0.4) is 0 Å². The molecule has 0 saturated carbocycles. The number of anilines is 1. The molecule has 0 spiro atoms. The monoisotopic (exact) mass is 272 g/mol. The highest BCUT2D eigenvalue weighted by molar-refractivity contribution is 7.98. The van der Waals surface area contributed by atoms with Crippen LogP contribution in [0.1, 0.15) is 13.8 Å². The third kappa shape index (κ3) is 3.74. The maximum atomic E-state index is 4.48. The van der Waals surface area contributed by atoms with Gasteiger partial charge in [-0.1, -0.05) is 32.0 Å². The number of pyridine rings is 1. The molecule has 0 fully saturated rings. The first-order valence-electron chi connectivity index (χ1n) is 6.54. The summed E-state index contributed by atoms with van der Waals surface area (Å²) in [5.41, 5.74) is 2.41. The molecule has 3 heteroatoms. The average molecular weight is 272 g/mol. The molecule has 100 valence electrons. The van der Waals surface area contributed by atoms with Gasteiger partial charge in [0.2, 0.25) is 0 Å². The Morgan fingerprint density at radius 2 is 1.95 bits per heavy atom. The maximum Gasteiger partial charge on any atom is 0.125 e. The SMILES string of the molecule is CSc1ccccc1-c1ccc(NCC(C)C)nc1. The summed E-state index contributed by atoms with van der Waals surface area (Å²) >= 11 is 1.77. The fraction of sp³-hybridized carbons (Fsp3) is 0.312. The summed E-state index contributed by atoms with van der Waals surface area (Å²) in [6, 6.07) is 12.6. The van der Waals surface area contributed by atoms with E-state index in [2.05, 4.69) is 66.8 Å². The van der Waals surface area contributed by atoms with Gasteiger partial charge < -0.3 is 5.32 Å². The Kier molecular flexibility index (Phi) is 4.86. The topological polar surface area (TPSA) is 24.9 Å². The van der Waals surface area contributed by atoms with Gasteiger partial charge in [-0.05, 0) is 35.9 Å². The number of nitrogens with one attached hydrogen (secondary N) is 1. The van der Waals surface area contributed by atoms with Gasteiger partial charge in [0.15, 0.2) is 0 Å². The summed E-state index contributed by atoms with van der Waals surface area (Å²) in [5, 5.41) is 3.34. The Hall–Kier alpha value is -1.48. The lowest BCUT2D eigenvalue weighted by Gasteiger charge is -2.10. The van der Waals surface area contributed by atoms with E-state index in [1.54, 1.807) is 11.8 Å².